The van der Waals surface area contributed by atoms with Crippen LogP contribution in [0.25, 0.3) is 0 Å². The second-order valence-electron chi connectivity index (χ2n) is 3.20. The van der Waals surface area contributed by atoms with Gasteiger partial charge >= 0.3 is 6.18 Å². The first-order valence-electron chi connectivity index (χ1n) is 4.35. The van der Waals surface area contributed by atoms with Crippen molar-refractivity contribution in [2.24, 2.45) is 0 Å². The molecule has 0 saturated heterocycles. The third-order valence-electron chi connectivity index (χ3n) is 1.90. The molecular formula is C9H11F3O2S. The summed E-state index contributed by atoms with van der Waals surface area (Å²) >= 11 is 0.383. The lowest BCUT2D eigenvalue weighted by Gasteiger charge is -2.11. The average Bonchev–Trinajstić information content (AvgIpc) is 2.51. The fourth-order valence-corrected chi connectivity index (χ4v) is 1.62. The highest BCUT2D eigenvalue weighted by Crippen LogP contribution is 2.35. The maximum atomic E-state index is 12.0. The van der Waals surface area contributed by atoms with Gasteiger partial charge in [0.2, 0.25) is 0 Å². The van der Waals surface area contributed by atoms with Crippen molar-refractivity contribution in [1.29, 1.82) is 0 Å². The van der Waals surface area contributed by atoms with Crippen LogP contribution in [0.1, 0.15) is 29.6 Å². The second kappa shape index (κ2) is 4.94. The number of rotatable bonds is 4. The van der Waals surface area contributed by atoms with Gasteiger partial charge in [-0.15, -0.1) is 0 Å². The Morgan fingerprint density at radius 2 is 2.13 bits per heavy atom. The molecule has 0 spiro atoms. The second-order valence-corrected chi connectivity index (χ2v) is 3.98. The molecule has 0 amide bonds. The minimum atomic E-state index is -4.20. The molecule has 15 heavy (non-hydrogen) atoms. The molecule has 1 rings (SSSR count). The Kier molecular flexibility index (Phi) is 4.10. The molecule has 6 heteroatoms. The summed E-state index contributed by atoms with van der Waals surface area (Å²) in [5.74, 6) is 1.00. The molecular weight excluding hydrogens is 229 g/mol. The Morgan fingerprint density at radius 3 is 2.53 bits per heavy atom. The Balaban J connectivity index is 2.57. The zero-order valence-electron chi connectivity index (χ0n) is 8.04. The van der Waals surface area contributed by atoms with Gasteiger partial charge in [-0.3, -0.25) is 0 Å². The first-order chi connectivity index (χ1) is 6.92. The third kappa shape index (κ3) is 4.17. The van der Waals surface area contributed by atoms with E-state index in [1.807, 2.05) is 0 Å². The Labute approximate surface area is 89.7 Å². The van der Waals surface area contributed by atoms with Crippen molar-refractivity contribution in [1.82, 2.24) is 0 Å². The van der Waals surface area contributed by atoms with Crippen LogP contribution in [0.15, 0.2) is 16.5 Å². The average molecular weight is 240 g/mol. The molecule has 0 saturated carbocycles. The van der Waals surface area contributed by atoms with E-state index in [9.17, 15) is 13.2 Å². The lowest BCUT2D eigenvalue weighted by atomic mass is 10.2. The summed E-state index contributed by atoms with van der Waals surface area (Å²) in [6, 6.07) is 3.24. The van der Waals surface area contributed by atoms with Crippen LogP contribution in [-0.2, 0) is 0 Å². The van der Waals surface area contributed by atoms with Crippen LogP contribution in [0.5, 0.6) is 0 Å². The zero-order valence-corrected chi connectivity index (χ0v) is 8.86. The van der Waals surface area contributed by atoms with Crippen molar-refractivity contribution >= 4 is 12.0 Å². The summed E-state index contributed by atoms with van der Waals surface area (Å²) in [4.78, 5) is 0. The first-order valence-corrected chi connectivity index (χ1v) is 5.19. The van der Waals surface area contributed by atoms with E-state index >= 15 is 0 Å². The van der Waals surface area contributed by atoms with Gasteiger partial charge < -0.3 is 8.97 Å². The molecule has 1 unspecified atom stereocenters. The highest BCUT2D eigenvalue weighted by Gasteiger charge is 2.29. The molecule has 0 radical (unpaired) electrons. The van der Waals surface area contributed by atoms with Gasteiger partial charge in [0.15, 0.2) is 0 Å². The minimum absolute atomic E-state index is 0.183. The van der Waals surface area contributed by atoms with Crippen molar-refractivity contribution in [3.05, 3.63) is 23.7 Å². The normalized spacial score (nSPS) is 14.2. The first kappa shape index (κ1) is 12.4. The van der Waals surface area contributed by atoms with Crippen molar-refractivity contribution < 1.29 is 22.1 Å². The number of halogens is 3. The van der Waals surface area contributed by atoms with Gasteiger partial charge in [0, 0.05) is 6.42 Å². The molecule has 1 aromatic rings. The molecule has 0 fully saturated rings. The molecule has 1 N–H and O–H groups in total. The topological polar surface area (TPSA) is 33.4 Å². The smallest absolute Gasteiger partial charge is 0.389 e. The maximum absolute atomic E-state index is 12.0. The fourth-order valence-electron chi connectivity index (χ4n) is 1.17. The predicted octanol–water partition coefficient (Wildman–Crippen LogP) is 4.18. The standard InChI is InChI=1S/C9H11F3O2S/c1-6-2-3-7(14-6)8(15-13)4-5-9(10,11)12/h2-3,8,13H,4-5H2,1H3. The Morgan fingerprint density at radius 1 is 1.47 bits per heavy atom. The van der Waals surface area contributed by atoms with E-state index in [0.717, 1.165) is 0 Å². The van der Waals surface area contributed by atoms with Gasteiger partial charge in [-0.25, -0.2) is 0 Å². The van der Waals surface area contributed by atoms with Crippen LogP contribution in [-0.4, -0.2) is 10.7 Å². The zero-order chi connectivity index (χ0) is 11.5. The van der Waals surface area contributed by atoms with Gasteiger partial charge in [-0.2, -0.15) is 13.2 Å². The molecule has 1 atom stereocenters. The monoisotopic (exact) mass is 240 g/mol. The SMILES string of the molecule is Cc1ccc(C(CCC(F)(F)F)SO)o1. The molecule has 86 valence electrons. The van der Waals surface area contributed by atoms with E-state index in [2.05, 4.69) is 0 Å². The van der Waals surface area contributed by atoms with Gasteiger partial charge in [0.25, 0.3) is 0 Å². The van der Waals surface area contributed by atoms with Crippen LogP contribution in [0, 0.1) is 6.92 Å². The van der Waals surface area contributed by atoms with Crippen LogP contribution < -0.4 is 0 Å². The number of furan rings is 1. The number of hydrogen-bond acceptors (Lipinski definition) is 3. The molecule has 0 aliphatic carbocycles. The van der Waals surface area contributed by atoms with Gasteiger partial charge in [0.05, 0.1) is 5.25 Å². The largest absolute Gasteiger partial charge is 0.465 e. The molecule has 2 nitrogen and oxygen atoms in total. The highest BCUT2D eigenvalue weighted by molar-refractivity contribution is 7.94. The molecule has 1 heterocycles. The summed E-state index contributed by atoms with van der Waals surface area (Å²) in [5.41, 5.74) is 0. The van der Waals surface area contributed by atoms with Gasteiger partial charge in [-0.05, 0) is 37.5 Å². The maximum Gasteiger partial charge on any atom is 0.389 e. The lowest BCUT2D eigenvalue weighted by Crippen LogP contribution is -2.08. The fraction of sp³-hybridized carbons (Fsp3) is 0.556. The lowest BCUT2D eigenvalue weighted by molar-refractivity contribution is -0.135. The van der Waals surface area contributed by atoms with Crippen molar-refractivity contribution in [3.63, 3.8) is 0 Å². The van der Waals surface area contributed by atoms with Gasteiger partial charge in [0.1, 0.15) is 11.5 Å². The Bertz CT molecular complexity index is 309. The summed E-state index contributed by atoms with van der Waals surface area (Å²) in [5, 5.41) is -0.652. The van der Waals surface area contributed by atoms with Crippen molar-refractivity contribution in [2.45, 2.75) is 31.2 Å². The van der Waals surface area contributed by atoms with Gasteiger partial charge in [-0.1, -0.05) is 0 Å². The van der Waals surface area contributed by atoms with Crippen molar-refractivity contribution in [2.75, 3.05) is 0 Å². The highest BCUT2D eigenvalue weighted by atomic mass is 32.2. The van der Waals surface area contributed by atoms with E-state index < -0.39 is 17.8 Å². The number of aryl methyl sites for hydroxylation is 1. The summed E-state index contributed by atoms with van der Waals surface area (Å²) in [6.07, 6.45) is -5.31. The molecule has 0 aliphatic heterocycles. The van der Waals surface area contributed by atoms with Crippen LogP contribution in [0.4, 0.5) is 13.2 Å². The van der Waals surface area contributed by atoms with Crippen LogP contribution in [0.3, 0.4) is 0 Å². The summed E-state index contributed by atoms with van der Waals surface area (Å²) < 4.78 is 49.9. The van der Waals surface area contributed by atoms with Crippen LogP contribution >= 0.6 is 12.0 Å². The quantitative estimate of drug-likeness (QED) is 0.801. The van der Waals surface area contributed by atoms with Crippen LogP contribution in [0.2, 0.25) is 0 Å². The summed E-state index contributed by atoms with van der Waals surface area (Å²) in [6.45, 7) is 1.70. The molecule has 1 aromatic heterocycles. The molecule has 0 aromatic carbocycles. The van der Waals surface area contributed by atoms with E-state index in [-0.39, 0.29) is 6.42 Å². The van der Waals surface area contributed by atoms with Crippen molar-refractivity contribution in [3.8, 4) is 0 Å². The van der Waals surface area contributed by atoms with E-state index in [0.29, 0.717) is 23.6 Å². The third-order valence-corrected chi connectivity index (χ3v) is 2.62. The molecule has 0 aliphatic rings. The minimum Gasteiger partial charge on any atom is -0.465 e. The predicted molar refractivity (Wildman–Crippen MR) is 51.7 cm³/mol. The Hall–Kier alpha value is -0.620. The van der Waals surface area contributed by atoms with E-state index in [1.165, 1.54) is 0 Å². The molecule has 0 bridgehead atoms. The van der Waals surface area contributed by atoms with E-state index in [1.54, 1.807) is 19.1 Å². The van der Waals surface area contributed by atoms with E-state index in [4.69, 9.17) is 8.97 Å². The number of hydrogen-bond donors (Lipinski definition) is 1. The summed E-state index contributed by atoms with van der Waals surface area (Å²) in [7, 11) is 0. The number of alkyl halides is 3.